The molecule has 0 bridgehead atoms. The Morgan fingerprint density at radius 2 is 1.95 bits per heavy atom. The highest BCUT2D eigenvalue weighted by atomic mass is 16.6. The first-order chi connectivity index (χ1) is 18.6. The second-order valence-corrected chi connectivity index (χ2v) is 11.7. The van der Waals surface area contributed by atoms with Gasteiger partial charge < -0.3 is 14.6 Å². The predicted octanol–water partition coefficient (Wildman–Crippen LogP) is 4.92. The van der Waals surface area contributed by atoms with E-state index in [9.17, 15) is 0 Å². The molecule has 2 fully saturated rings. The largest absolute Gasteiger partial charge is 0.364 e. The Labute approximate surface area is 221 Å². The molecule has 3 aliphatic rings. The monoisotopic (exact) mass is 504 g/mol. The summed E-state index contributed by atoms with van der Waals surface area (Å²) in [5, 5.41) is 7.18. The molecular formula is C31H32N6O. The van der Waals surface area contributed by atoms with E-state index in [0.29, 0.717) is 17.8 Å². The fourth-order valence-corrected chi connectivity index (χ4v) is 7.35. The van der Waals surface area contributed by atoms with Crippen LogP contribution in [0.2, 0.25) is 0 Å². The second kappa shape index (κ2) is 8.22. The van der Waals surface area contributed by atoms with E-state index in [1.165, 1.54) is 45.2 Å². The maximum atomic E-state index is 6.40. The Hall–Kier alpha value is -3.55. The van der Waals surface area contributed by atoms with E-state index in [1.54, 1.807) is 0 Å². The standard InChI is InChI=1S/C31H32N6O/c1-36(2)15-19-7-10-28-25(14-35-37(28)16-19)31(17-38-31)29-22-8-9-26-30(34-18-33-26)24(12-23(22)29)27-11-20-5-3-4-6-21(20)13-32-27/h3-7,10-11,13-14,16,18,22-24,29H,8-9,12,15,17H2,1-2H3,(H,33,34)/t22?,23-,24-,29?,31?/m0/s1. The van der Waals surface area contributed by atoms with E-state index in [-0.39, 0.29) is 11.5 Å². The van der Waals surface area contributed by atoms with Crippen LogP contribution in [0.1, 0.15) is 47.0 Å². The van der Waals surface area contributed by atoms with E-state index in [2.05, 4.69) is 78.8 Å². The van der Waals surface area contributed by atoms with Crippen LogP contribution >= 0.6 is 0 Å². The van der Waals surface area contributed by atoms with Crippen LogP contribution < -0.4 is 0 Å². The number of aromatic amines is 1. The van der Waals surface area contributed by atoms with Gasteiger partial charge in [-0.05, 0) is 68.3 Å². The van der Waals surface area contributed by atoms with E-state index in [0.717, 1.165) is 31.7 Å². The van der Waals surface area contributed by atoms with Gasteiger partial charge in [-0.15, -0.1) is 0 Å². The molecule has 1 aliphatic heterocycles. The Morgan fingerprint density at radius 1 is 1.08 bits per heavy atom. The zero-order valence-electron chi connectivity index (χ0n) is 21.8. The molecule has 0 amide bonds. The number of aryl methyl sites for hydroxylation is 1. The minimum Gasteiger partial charge on any atom is -0.364 e. The van der Waals surface area contributed by atoms with Crippen LogP contribution in [0.25, 0.3) is 16.3 Å². The molecule has 8 rings (SSSR count). The molecule has 38 heavy (non-hydrogen) atoms. The first-order valence-electron chi connectivity index (χ1n) is 13.7. The fourth-order valence-electron chi connectivity index (χ4n) is 7.35. The number of ether oxygens (including phenoxy) is 1. The van der Waals surface area contributed by atoms with Gasteiger partial charge in [0.1, 0.15) is 5.60 Å². The molecule has 1 aromatic carbocycles. The molecule has 5 heterocycles. The topological polar surface area (TPSA) is 74.6 Å². The maximum absolute atomic E-state index is 6.40. The number of nitrogens with zero attached hydrogens (tertiary/aromatic N) is 5. The Balaban J connectivity index is 1.14. The van der Waals surface area contributed by atoms with Gasteiger partial charge in [0.2, 0.25) is 0 Å². The van der Waals surface area contributed by atoms with Crippen molar-refractivity contribution in [3.8, 4) is 0 Å². The zero-order valence-corrected chi connectivity index (χ0v) is 21.8. The van der Waals surface area contributed by atoms with Gasteiger partial charge in [-0.25, -0.2) is 9.50 Å². The number of nitrogens with one attached hydrogen (secondary N) is 1. The highest BCUT2D eigenvalue weighted by Crippen LogP contribution is 2.68. The Kier molecular flexibility index (Phi) is 4.85. The number of hydrogen-bond donors (Lipinski definition) is 1. The number of epoxide rings is 1. The SMILES string of the molecule is CN(C)Cc1ccc2c(C3(C4C5CCc6[nH]cnc6[C@H](c6cc7ccccc7cn6)C[C@@H]54)CO3)cnn2c1. The minimum atomic E-state index is -0.215. The number of rotatable bonds is 5. The van der Waals surface area contributed by atoms with Crippen LogP contribution in [0.3, 0.4) is 0 Å². The van der Waals surface area contributed by atoms with Crippen molar-refractivity contribution >= 4 is 16.3 Å². The lowest BCUT2D eigenvalue weighted by Gasteiger charge is -2.19. The average Bonchev–Trinajstić information content (AvgIpc) is 3.73. The summed E-state index contributed by atoms with van der Waals surface area (Å²) in [4.78, 5) is 15.4. The smallest absolute Gasteiger partial charge is 0.123 e. The van der Waals surface area contributed by atoms with Crippen LogP contribution in [0.5, 0.6) is 0 Å². The summed E-state index contributed by atoms with van der Waals surface area (Å²) in [6, 6.07) is 15.2. The molecule has 7 heteroatoms. The van der Waals surface area contributed by atoms with Crippen LogP contribution in [0, 0.1) is 17.8 Å². The molecule has 4 aromatic heterocycles. The lowest BCUT2D eigenvalue weighted by Crippen LogP contribution is -2.15. The lowest BCUT2D eigenvalue weighted by molar-refractivity contribution is 0.261. The molecule has 0 radical (unpaired) electrons. The van der Waals surface area contributed by atoms with E-state index >= 15 is 0 Å². The van der Waals surface area contributed by atoms with Crippen LogP contribution in [-0.2, 0) is 23.3 Å². The van der Waals surface area contributed by atoms with Gasteiger partial charge in [0.25, 0.3) is 0 Å². The van der Waals surface area contributed by atoms with E-state index in [1.807, 2.05) is 17.0 Å². The Bertz CT molecular complexity index is 1660. The van der Waals surface area contributed by atoms with Gasteiger partial charge in [0, 0.05) is 47.4 Å². The number of imidazole rings is 1. The molecule has 5 aromatic rings. The van der Waals surface area contributed by atoms with E-state index in [4.69, 9.17) is 19.8 Å². The van der Waals surface area contributed by atoms with Crippen molar-refractivity contribution in [1.29, 1.82) is 0 Å². The molecule has 1 N–H and O–H groups in total. The van der Waals surface area contributed by atoms with Gasteiger partial charge in [0.15, 0.2) is 0 Å². The van der Waals surface area contributed by atoms with Crippen molar-refractivity contribution < 1.29 is 4.74 Å². The summed E-state index contributed by atoms with van der Waals surface area (Å²) < 4.78 is 8.44. The molecule has 3 unspecified atom stereocenters. The minimum absolute atomic E-state index is 0.187. The number of fused-ring (bicyclic) bond motifs is 4. The lowest BCUT2D eigenvalue weighted by atomic mass is 9.87. The number of aromatic nitrogens is 5. The highest BCUT2D eigenvalue weighted by molar-refractivity contribution is 5.82. The first kappa shape index (κ1) is 22.4. The van der Waals surface area contributed by atoms with Gasteiger partial charge in [0.05, 0.1) is 36.0 Å². The molecule has 2 aliphatic carbocycles. The summed E-state index contributed by atoms with van der Waals surface area (Å²) in [7, 11) is 4.19. The van der Waals surface area contributed by atoms with Crippen LogP contribution in [0.15, 0.2) is 67.4 Å². The molecule has 192 valence electrons. The second-order valence-electron chi connectivity index (χ2n) is 11.7. The Morgan fingerprint density at radius 3 is 2.79 bits per heavy atom. The van der Waals surface area contributed by atoms with Gasteiger partial charge in [-0.1, -0.05) is 30.3 Å². The third-order valence-electron chi connectivity index (χ3n) is 9.18. The quantitative estimate of drug-likeness (QED) is 0.344. The number of benzene rings is 1. The van der Waals surface area contributed by atoms with E-state index < -0.39 is 0 Å². The summed E-state index contributed by atoms with van der Waals surface area (Å²) in [6.45, 7) is 1.69. The molecule has 1 saturated heterocycles. The van der Waals surface area contributed by atoms with Crippen molar-refractivity contribution in [2.45, 2.75) is 37.3 Å². The molecular weight excluding hydrogens is 472 g/mol. The third kappa shape index (κ3) is 3.45. The molecule has 0 spiro atoms. The molecule has 1 saturated carbocycles. The maximum Gasteiger partial charge on any atom is 0.123 e. The van der Waals surface area contributed by atoms with Gasteiger partial charge >= 0.3 is 0 Å². The van der Waals surface area contributed by atoms with Crippen molar-refractivity contribution in [3.05, 3.63) is 95.6 Å². The van der Waals surface area contributed by atoms with Crippen LogP contribution in [0.4, 0.5) is 0 Å². The molecule has 5 atom stereocenters. The van der Waals surface area contributed by atoms with Crippen LogP contribution in [-0.4, -0.2) is 50.2 Å². The average molecular weight is 505 g/mol. The summed E-state index contributed by atoms with van der Waals surface area (Å²) >= 11 is 0. The first-order valence-corrected chi connectivity index (χ1v) is 13.7. The normalized spacial score (nSPS) is 28.2. The fraction of sp³-hybridized carbons (Fsp3) is 0.387. The number of H-pyrrole nitrogens is 1. The van der Waals surface area contributed by atoms with Crippen molar-refractivity contribution in [1.82, 2.24) is 29.5 Å². The van der Waals surface area contributed by atoms with Crippen molar-refractivity contribution in [3.63, 3.8) is 0 Å². The van der Waals surface area contributed by atoms with Crippen molar-refractivity contribution in [2.75, 3.05) is 20.7 Å². The summed E-state index contributed by atoms with van der Waals surface area (Å²) in [5.74, 6) is 1.92. The third-order valence-corrected chi connectivity index (χ3v) is 9.18. The van der Waals surface area contributed by atoms with Crippen molar-refractivity contribution in [2.24, 2.45) is 17.8 Å². The zero-order chi connectivity index (χ0) is 25.4. The number of pyridine rings is 2. The molecule has 7 nitrogen and oxygen atoms in total. The highest BCUT2D eigenvalue weighted by Gasteiger charge is 2.68. The number of hydrogen-bond acceptors (Lipinski definition) is 5. The predicted molar refractivity (Wildman–Crippen MR) is 146 cm³/mol. The summed E-state index contributed by atoms with van der Waals surface area (Å²) in [5.41, 5.74) is 7.03. The van der Waals surface area contributed by atoms with Gasteiger partial charge in [-0.3, -0.25) is 4.98 Å². The summed E-state index contributed by atoms with van der Waals surface area (Å²) in [6.07, 6.45) is 11.3. The van der Waals surface area contributed by atoms with Gasteiger partial charge in [-0.2, -0.15) is 5.10 Å².